The normalized spacial score (nSPS) is 10.9. The SMILES string of the molecule is C=NNc1nnc(OCCc2c[nH]c3ccccc23)c(-c2ccc(Cl)cc2)c1-c1ccc(Cl)cc1. The fourth-order valence-electron chi connectivity index (χ4n) is 4.05. The van der Waals surface area contributed by atoms with Gasteiger partial charge in [-0.1, -0.05) is 65.7 Å². The zero-order chi connectivity index (χ0) is 24.2. The molecule has 0 fully saturated rings. The van der Waals surface area contributed by atoms with E-state index in [0.29, 0.717) is 34.8 Å². The summed E-state index contributed by atoms with van der Waals surface area (Å²) in [6.07, 6.45) is 2.72. The van der Waals surface area contributed by atoms with E-state index >= 15 is 0 Å². The molecule has 8 heteroatoms. The number of rotatable bonds is 8. The molecule has 0 radical (unpaired) electrons. The van der Waals surface area contributed by atoms with Gasteiger partial charge < -0.3 is 9.72 Å². The van der Waals surface area contributed by atoms with E-state index < -0.39 is 0 Å². The van der Waals surface area contributed by atoms with Crippen LogP contribution in [0.3, 0.4) is 0 Å². The number of para-hydroxylation sites is 1. The number of halogens is 2. The van der Waals surface area contributed by atoms with Gasteiger partial charge in [0.2, 0.25) is 5.88 Å². The molecule has 0 aliphatic carbocycles. The fourth-order valence-corrected chi connectivity index (χ4v) is 4.30. The largest absolute Gasteiger partial charge is 0.476 e. The molecule has 0 aliphatic rings. The maximum Gasteiger partial charge on any atom is 0.242 e. The monoisotopic (exact) mass is 501 g/mol. The average molecular weight is 502 g/mol. The van der Waals surface area contributed by atoms with Crippen molar-refractivity contribution in [2.45, 2.75) is 6.42 Å². The van der Waals surface area contributed by atoms with Crippen LogP contribution in [-0.4, -0.2) is 28.5 Å². The zero-order valence-corrected chi connectivity index (χ0v) is 20.1. The average Bonchev–Trinajstić information content (AvgIpc) is 3.29. The third-order valence-corrected chi connectivity index (χ3v) is 6.18. The molecule has 6 nitrogen and oxygen atoms in total. The standard InChI is InChI=1S/C27H21Cl2N5O/c1-30-32-26-24(17-6-10-20(28)11-7-17)25(18-8-12-21(29)13-9-18)27(34-33-26)35-15-14-19-16-31-23-5-3-2-4-22(19)23/h2-13,16,31H,1,14-15H2,(H,32,33). The predicted octanol–water partition coefficient (Wildman–Crippen LogP) is 7.25. The van der Waals surface area contributed by atoms with Crippen LogP contribution in [0.4, 0.5) is 5.82 Å². The molecule has 0 bridgehead atoms. The Labute approximate surface area is 212 Å². The maximum absolute atomic E-state index is 6.24. The molecule has 2 heterocycles. The Bertz CT molecular complexity index is 1480. The molecule has 0 unspecified atom stereocenters. The van der Waals surface area contributed by atoms with Crippen molar-refractivity contribution in [1.82, 2.24) is 15.2 Å². The number of H-pyrrole nitrogens is 1. The molecule has 174 valence electrons. The second kappa shape index (κ2) is 10.2. The van der Waals surface area contributed by atoms with Gasteiger partial charge >= 0.3 is 0 Å². The Morgan fingerprint density at radius 2 is 1.51 bits per heavy atom. The highest BCUT2D eigenvalue weighted by atomic mass is 35.5. The quantitative estimate of drug-likeness (QED) is 0.173. The molecule has 0 spiro atoms. The lowest BCUT2D eigenvalue weighted by molar-refractivity contribution is 0.308. The molecule has 5 rings (SSSR count). The van der Waals surface area contributed by atoms with Crippen LogP contribution in [0.5, 0.6) is 5.88 Å². The molecule has 2 N–H and O–H groups in total. The minimum Gasteiger partial charge on any atom is -0.476 e. The Kier molecular flexibility index (Phi) is 6.66. The van der Waals surface area contributed by atoms with Gasteiger partial charge in [0.15, 0.2) is 5.82 Å². The van der Waals surface area contributed by atoms with Crippen molar-refractivity contribution in [1.29, 1.82) is 0 Å². The predicted molar refractivity (Wildman–Crippen MR) is 144 cm³/mol. The molecule has 5 aromatic rings. The number of nitrogens with zero attached hydrogens (tertiary/aromatic N) is 3. The Hall–Kier alpha value is -3.87. The summed E-state index contributed by atoms with van der Waals surface area (Å²) in [6.45, 7) is 3.96. The van der Waals surface area contributed by atoms with E-state index in [-0.39, 0.29) is 0 Å². The Morgan fingerprint density at radius 1 is 0.857 bits per heavy atom. The van der Waals surface area contributed by atoms with Gasteiger partial charge in [0.05, 0.1) is 12.2 Å². The van der Waals surface area contributed by atoms with Gasteiger partial charge in [0, 0.05) is 45.8 Å². The van der Waals surface area contributed by atoms with Crippen molar-refractivity contribution in [3.05, 3.63) is 94.6 Å². The lowest BCUT2D eigenvalue weighted by Gasteiger charge is -2.17. The van der Waals surface area contributed by atoms with Crippen molar-refractivity contribution >= 4 is 46.6 Å². The summed E-state index contributed by atoms with van der Waals surface area (Å²) in [5.74, 6) is 0.864. The molecule has 0 saturated carbocycles. The molecule has 0 amide bonds. The number of nitrogens with one attached hydrogen (secondary N) is 2. The second-order valence-electron chi connectivity index (χ2n) is 7.85. The fraction of sp³-hybridized carbons (Fsp3) is 0.0741. The van der Waals surface area contributed by atoms with Gasteiger partial charge in [-0.05, 0) is 47.0 Å². The van der Waals surface area contributed by atoms with E-state index in [1.807, 2.05) is 66.9 Å². The summed E-state index contributed by atoms with van der Waals surface area (Å²) in [5, 5.41) is 15.0. The van der Waals surface area contributed by atoms with Crippen LogP contribution in [0, 0.1) is 0 Å². The molecular formula is C27H21Cl2N5O. The molecule has 3 aromatic carbocycles. The number of aromatic amines is 1. The van der Waals surface area contributed by atoms with E-state index in [9.17, 15) is 0 Å². The highest BCUT2D eigenvalue weighted by molar-refractivity contribution is 6.31. The highest BCUT2D eigenvalue weighted by Gasteiger charge is 2.21. The van der Waals surface area contributed by atoms with Gasteiger partial charge in [-0.25, -0.2) is 0 Å². The van der Waals surface area contributed by atoms with Crippen LogP contribution in [-0.2, 0) is 6.42 Å². The minimum absolute atomic E-state index is 0.409. The molecule has 0 atom stereocenters. The number of fused-ring (bicyclic) bond motifs is 1. The lowest BCUT2D eigenvalue weighted by atomic mass is 9.96. The highest BCUT2D eigenvalue weighted by Crippen LogP contribution is 2.42. The maximum atomic E-state index is 6.24. The first kappa shape index (κ1) is 22.9. The van der Waals surface area contributed by atoms with Gasteiger partial charge in [0.1, 0.15) is 0 Å². The Balaban J connectivity index is 1.56. The minimum atomic E-state index is 0.409. The number of anilines is 1. The number of benzene rings is 3. The summed E-state index contributed by atoms with van der Waals surface area (Å²) in [5.41, 5.74) is 8.43. The van der Waals surface area contributed by atoms with Crippen molar-refractivity contribution in [3.8, 4) is 28.1 Å². The summed E-state index contributed by atoms with van der Waals surface area (Å²) < 4.78 is 6.24. The molecular weight excluding hydrogens is 481 g/mol. The van der Waals surface area contributed by atoms with E-state index in [1.165, 1.54) is 10.9 Å². The Morgan fingerprint density at radius 3 is 2.20 bits per heavy atom. The molecule has 0 saturated heterocycles. The van der Waals surface area contributed by atoms with Crippen LogP contribution >= 0.6 is 23.2 Å². The van der Waals surface area contributed by atoms with Crippen molar-refractivity contribution in [3.63, 3.8) is 0 Å². The van der Waals surface area contributed by atoms with E-state index in [4.69, 9.17) is 27.9 Å². The van der Waals surface area contributed by atoms with Gasteiger partial charge in [0.25, 0.3) is 0 Å². The second-order valence-corrected chi connectivity index (χ2v) is 8.72. The number of ether oxygens (including phenoxy) is 1. The van der Waals surface area contributed by atoms with Crippen molar-refractivity contribution in [2.24, 2.45) is 5.10 Å². The third kappa shape index (κ3) is 4.85. The van der Waals surface area contributed by atoms with Crippen LogP contribution in [0.15, 0.2) is 84.1 Å². The summed E-state index contributed by atoms with van der Waals surface area (Å²) in [4.78, 5) is 3.30. The number of hydrogen-bond acceptors (Lipinski definition) is 5. The summed E-state index contributed by atoms with van der Waals surface area (Å²) in [6, 6.07) is 23.2. The smallest absolute Gasteiger partial charge is 0.242 e. The number of hydrazone groups is 1. The topological polar surface area (TPSA) is 75.2 Å². The lowest BCUT2D eigenvalue weighted by Crippen LogP contribution is -2.08. The van der Waals surface area contributed by atoms with Crippen LogP contribution in [0.2, 0.25) is 10.0 Å². The van der Waals surface area contributed by atoms with E-state index in [2.05, 4.69) is 44.6 Å². The van der Waals surface area contributed by atoms with Gasteiger partial charge in [-0.3, -0.25) is 5.43 Å². The van der Waals surface area contributed by atoms with E-state index in [1.54, 1.807) is 0 Å². The van der Waals surface area contributed by atoms with E-state index in [0.717, 1.165) is 27.8 Å². The molecule has 0 aliphatic heterocycles. The van der Waals surface area contributed by atoms with Gasteiger partial charge in [-0.15, -0.1) is 10.2 Å². The molecule has 2 aromatic heterocycles. The van der Waals surface area contributed by atoms with Crippen LogP contribution in [0.1, 0.15) is 5.56 Å². The van der Waals surface area contributed by atoms with Crippen LogP contribution < -0.4 is 10.2 Å². The zero-order valence-electron chi connectivity index (χ0n) is 18.6. The third-order valence-electron chi connectivity index (χ3n) is 5.68. The number of aromatic nitrogens is 3. The van der Waals surface area contributed by atoms with Gasteiger partial charge in [-0.2, -0.15) is 5.10 Å². The molecule has 35 heavy (non-hydrogen) atoms. The summed E-state index contributed by atoms with van der Waals surface area (Å²) in [7, 11) is 0. The summed E-state index contributed by atoms with van der Waals surface area (Å²) >= 11 is 12.3. The first-order valence-corrected chi connectivity index (χ1v) is 11.7. The first-order chi connectivity index (χ1) is 17.1. The van der Waals surface area contributed by atoms with Crippen molar-refractivity contribution in [2.75, 3.05) is 12.0 Å². The van der Waals surface area contributed by atoms with Crippen molar-refractivity contribution < 1.29 is 4.74 Å². The van der Waals surface area contributed by atoms with Crippen LogP contribution in [0.25, 0.3) is 33.2 Å². The number of hydrogen-bond donors (Lipinski definition) is 2. The first-order valence-electron chi connectivity index (χ1n) is 11.0.